The van der Waals surface area contributed by atoms with Crippen LogP contribution in [-0.2, 0) is 10.3 Å². The van der Waals surface area contributed by atoms with Gasteiger partial charge in [0.25, 0.3) is 0 Å². The predicted octanol–water partition coefficient (Wildman–Crippen LogP) is 5.37. The van der Waals surface area contributed by atoms with E-state index in [1.807, 2.05) is 32.9 Å². The Morgan fingerprint density at radius 1 is 0.800 bits per heavy atom. The maximum absolute atomic E-state index is 12.3. The van der Waals surface area contributed by atoms with Crippen LogP contribution in [0.1, 0.15) is 32.0 Å². The maximum atomic E-state index is 12.3. The van der Waals surface area contributed by atoms with E-state index in [4.69, 9.17) is 4.74 Å². The number of benzene rings is 1. The summed E-state index contributed by atoms with van der Waals surface area (Å²) in [5, 5.41) is 0. The van der Waals surface area contributed by atoms with Gasteiger partial charge in [0.05, 0.1) is 5.69 Å². The lowest BCUT2D eigenvalue weighted by Gasteiger charge is -2.43. The topological polar surface area (TPSA) is 57.1 Å². The minimum Gasteiger partial charge on any atom is -0.406 e. The van der Waals surface area contributed by atoms with Crippen molar-refractivity contribution in [2.24, 2.45) is 5.41 Å². The van der Waals surface area contributed by atoms with Gasteiger partial charge in [-0.1, -0.05) is 39.0 Å². The molecule has 0 radical (unpaired) electrons. The zero-order chi connectivity index (χ0) is 22.0. The van der Waals surface area contributed by atoms with Crippen LogP contribution in [0.15, 0.2) is 61.3 Å². The van der Waals surface area contributed by atoms with E-state index in [0.717, 1.165) is 11.1 Å². The van der Waals surface area contributed by atoms with Gasteiger partial charge in [0.15, 0.2) is 0 Å². The highest BCUT2D eigenvalue weighted by Gasteiger charge is 2.47. The third-order valence-corrected chi connectivity index (χ3v) is 4.87. The highest BCUT2D eigenvalue weighted by atomic mass is 19.4. The molecular weight excluding hydrogens is 395 g/mol. The predicted molar refractivity (Wildman–Crippen MR) is 106 cm³/mol. The van der Waals surface area contributed by atoms with Crippen LogP contribution in [0.3, 0.4) is 0 Å². The fraction of sp³-hybridized carbons (Fsp3) is 0.318. The van der Waals surface area contributed by atoms with E-state index in [-0.39, 0.29) is 11.2 Å². The second kappa shape index (κ2) is 8.02. The number of alkyl halides is 3. The monoisotopic (exact) mass is 417 g/mol. The standard InChI is InChI=1S/C22H22F3N3O2/c1-20(2,3)21(29-4,17-12-26-14-27-13-17)19-10-7-16(11-28-19)15-5-8-18(9-6-15)30-22(23,24)25/h5-14H,1-4H3. The van der Waals surface area contributed by atoms with E-state index >= 15 is 0 Å². The Hall–Kier alpha value is -3.00. The summed E-state index contributed by atoms with van der Waals surface area (Å²) >= 11 is 0. The van der Waals surface area contributed by atoms with Gasteiger partial charge in [-0.15, -0.1) is 13.2 Å². The molecule has 1 aromatic carbocycles. The van der Waals surface area contributed by atoms with E-state index in [2.05, 4.69) is 19.7 Å². The highest BCUT2D eigenvalue weighted by Crippen LogP contribution is 2.46. The number of nitrogens with zero attached hydrogens (tertiary/aromatic N) is 3. The highest BCUT2D eigenvalue weighted by molar-refractivity contribution is 5.63. The molecule has 3 rings (SSSR count). The number of pyridine rings is 1. The summed E-state index contributed by atoms with van der Waals surface area (Å²) in [4.78, 5) is 12.9. The Balaban J connectivity index is 1.97. The first-order valence-corrected chi connectivity index (χ1v) is 9.20. The number of aromatic nitrogens is 3. The van der Waals surface area contributed by atoms with Gasteiger partial charge in [-0.3, -0.25) is 4.98 Å². The third-order valence-electron chi connectivity index (χ3n) is 4.87. The van der Waals surface area contributed by atoms with Crippen LogP contribution >= 0.6 is 0 Å². The van der Waals surface area contributed by atoms with Crippen molar-refractivity contribution < 1.29 is 22.6 Å². The Morgan fingerprint density at radius 2 is 1.40 bits per heavy atom. The van der Waals surface area contributed by atoms with Crippen molar-refractivity contribution in [2.75, 3.05) is 7.11 Å². The second-order valence-corrected chi connectivity index (χ2v) is 7.77. The van der Waals surface area contributed by atoms with Crippen LogP contribution in [0.4, 0.5) is 13.2 Å². The van der Waals surface area contributed by atoms with Crippen molar-refractivity contribution in [3.05, 3.63) is 72.6 Å². The molecule has 2 aromatic heterocycles. The lowest BCUT2D eigenvalue weighted by atomic mass is 9.70. The Kier molecular flexibility index (Phi) is 5.81. The molecule has 0 saturated carbocycles. The molecule has 158 valence electrons. The number of rotatable bonds is 5. The summed E-state index contributed by atoms with van der Waals surface area (Å²) in [5.41, 5.74) is 1.64. The van der Waals surface area contributed by atoms with Gasteiger partial charge in [-0.25, -0.2) is 9.97 Å². The average Bonchev–Trinajstić information content (AvgIpc) is 2.69. The van der Waals surface area contributed by atoms with E-state index in [1.165, 1.54) is 18.5 Å². The number of halogens is 3. The molecule has 0 fully saturated rings. The van der Waals surface area contributed by atoms with Gasteiger partial charge >= 0.3 is 6.36 Å². The van der Waals surface area contributed by atoms with Crippen molar-refractivity contribution in [3.63, 3.8) is 0 Å². The molecule has 3 aromatic rings. The van der Waals surface area contributed by atoms with E-state index < -0.39 is 12.0 Å². The first-order valence-electron chi connectivity index (χ1n) is 9.20. The van der Waals surface area contributed by atoms with Gasteiger partial charge in [0.1, 0.15) is 17.7 Å². The van der Waals surface area contributed by atoms with Crippen LogP contribution < -0.4 is 4.74 Å². The van der Waals surface area contributed by atoms with Crippen molar-refractivity contribution in [1.82, 2.24) is 15.0 Å². The fourth-order valence-electron chi connectivity index (χ4n) is 3.60. The van der Waals surface area contributed by atoms with Crippen LogP contribution in [0.2, 0.25) is 0 Å². The molecule has 1 unspecified atom stereocenters. The fourth-order valence-corrected chi connectivity index (χ4v) is 3.60. The molecule has 0 aliphatic rings. The van der Waals surface area contributed by atoms with Crippen molar-refractivity contribution in [1.29, 1.82) is 0 Å². The molecule has 0 amide bonds. The van der Waals surface area contributed by atoms with Gasteiger partial charge in [-0.05, 0) is 23.8 Å². The van der Waals surface area contributed by atoms with E-state index in [1.54, 1.807) is 37.8 Å². The number of hydrogen-bond acceptors (Lipinski definition) is 5. The molecule has 8 heteroatoms. The number of ether oxygens (including phenoxy) is 2. The SMILES string of the molecule is COC(c1cncnc1)(c1ccc(-c2ccc(OC(F)(F)F)cc2)cn1)C(C)(C)C. The summed E-state index contributed by atoms with van der Waals surface area (Å²) in [5.74, 6) is -0.272. The first kappa shape index (κ1) is 21.7. The summed E-state index contributed by atoms with van der Waals surface area (Å²) in [6.07, 6.45) is 1.81. The van der Waals surface area contributed by atoms with E-state index in [9.17, 15) is 13.2 Å². The van der Waals surface area contributed by atoms with Crippen molar-refractivity contribution in [3.8, 4) is 16.9 Å². The zero-order valence-electron chi connectivity index (χ0n) is 17.1. The molecule has 0 spiro atoms. The molecule has 0 bridgehead atoms. The maximum Gasteiger partial charge on any atom is 0.573 e. The van der Waals surface area contributed by atoms with Crippen LogP contribution in [0.5, 0.6) is 5.75 Å². The summed E-state index contributed by atoms with van der Waals surface area (Å²) in [7, 11) is 1.62. The minimum atomic E-state index is -4.72. The molecule has 2 heterocycles. The van der Waals surface area contributed by atoms with Crippen molar-refractivity contribution in [2.45, 2.75) is 32.7 Å². The zero-order valence-corrected chi connectivity index (χ0v) is 17.1. The minimum absolute atomic E-state index is 0.272. The molecular formula is C22H22F3N3O2. The Labute approximate surface area is 172 Å². The molecule has 5 nitrogen and oxygen atoms in total. The van der Waals surface area contributed by atoms with Gasteiger partial charge in [0, 0.05) is 42.2 Å². The molecule has 0 aliphatic carbocycles. The smallest absolute Gasteiger partial charge is 0.406 e. The number of hydrogen-bond donors (Lipinski definition) is 0. The van der Waals surface area contributed by atoms with Crippen LogP contribution in [-0.4, -0.2) is 28.4 Å². The average molecular weight is 417 g/mol. The Morgan fingerprint density at radius 3 is 1.87 bits per heavy atom. The Bertz CT molecular complexity index is 970. The largest absolute Gasteiger partial charge is 0.573 e. The van der Waals surface area contributed by atoms with Crippen LogP contribution in [0.25, 0.3) is 11.1 Å². The summed E-state index contributed by atoms with van der Waals surface area (Å²) < 4.78 is 46.9. The lowest BCUT2D eigenvalue weighted by molar-refractivity contribution is -0.274. The third kappa shape index (κ3) is 4.28. The molecule has 30 heavy (non-hydrogen) atoms. The summed E-state index contributed by atoms with van der Waals surface area (Å²) in [6, 6.07) is 9.34. The van der Waals surface area contributed by atoms with Gasteiger partial charge < -0.3 is 9.47 Å². The van der Waals surface area contributed by atoms with E-state index in [0.29, 0.717) is 11.3 Å². The molecule has 1 atom stereocenters. The molecule has 0 N–H and O–H groups in total. The van der Waals surface area contributed by atoms with Gasteiger partial charge in [-0.2, -0.15) is 0 Å². The normalized spacial score (nSPS) is 14.2. The first-order chi connectivity index (χ1) is 14.1. The van der Waals surface area contributed by atoms with Gasteiger partial charge in [0.2, 0.25) is 0 Å². The van der Waals surface area contributed by atoms with Crippen molar-refractivity contribution >= 4 is 0 Å². The second-order valence-electron chi connectivity index (χ2n) is 7.77. The summed E-state index contributed by atoms with van der Waals surface area (Å²) in [6.45, 7) is 6.12. The molecule has 0 saturated heterocycles. The number of methoxy groups -OCH3 is 1. The molecule has 0 aliphatic heterocycles. The quantitative estimate of drug-likeness (QED) is 0.558. The lowest BCUT2D eigenvalue weighted by Crippen LogP contribution is -2.44. The van der Waals surface area contributed by atoms with Crippen LogP contribution in [0, 0.1) is 5.41 Å².